The summed E-state index contributed by atoms with van der Waals surface area (Å²) in [6.07, 6.45) is 4.38. The number of carbonyl (C=O) groups excluding carboxylic acids is 1. The molecular formula is C21H23NO2. The molecule has 0 unspecified atom stereocenters. The summed E-state index contributed by atoms with van der Waals surface area (Å²) in [6.45, 7) is 3.54. The maximum atomic E-state index is 12.3. The predicted octanol–water partition coefficient (Wildman–Crippen LogP) is 5.09. The van der Waals surface area contributed by atoms with E-state index >= 15 is 0 Å². The summed E-state index contributed by atoms with van der Waals surface area (Å²) in [6, 6.07) is 18.0. The zero-order valence-electron chi connectivity index (χ0n) is 14.1. The summed E-state index contributed by atoms with van der Waals surface area (Å²) >= 11 is 0. The predicted molar refractivity (Wildman–Crippen MR) is 97.7 cm³/mol. The number of fused-ring (bicyclic) bond motifs is 1. The molecule has 3 heteroatoms. The first-order valence-corrected chi connectivity index (χ1v) is 8.58. The van der Waals surface area contributed by atoms with Crippen LogP contribution in [0.1, 0.15) is 36.5 Å². The molecule has 0 amide bonds. The van der Waals surface area contributed by atoms with Crippen molar-refractivity contribution in [2.45, 2.75) is 32.7 Å². The maximum Gasteiger partial charge on any atom is 0.165 e. The number of aromatic nitrogens is 1. The summed E-state index contributed by atoms with van der Waals surface area (Å²) in [5.74, 6) is 1.13. The first kappa shape index (κ1) is 16.3. The molecule has 0 bridgehead atoms. The molecule has 0 aliphatic rings. The second-order valence-corrected chi connectivity index (χ2v) is 5.94. The number of nitrogens with zero attached hydrogens (tertiary/aromatic N) is 1. The fraction of sp³-hybridized carbons (Fsp3) is 0.286. The van der Waals surface area contributed by atoms with Crippen molar-refractivity contribution in [1.29, 1.82) is 0 Å². The monoisotopic (exact) mass is 321 g/mol. The average molecular weight is 321 g/mol. The smallest absolute Gasteiger partial charge is 0.165 e. The van der Waals surface area contributed by atoms with Gasteiger partial charge in [-0.15, -0.1) is 0 Å². The van der Waals surface area contributed by atoms with Gasteiger partial charge in [0, 0.05) is 35.6 Å². The molecule has 0 atom stereocenters. The Morgan fingerprint density at radius 2 is 1.79 bits per heavy atom. The molecule has 3 rings (SSSR count). The second-order valence-electron chi connectivity index (χ2n) is 5.94. The molecule has 1 heterocycles. The lowest BCUT2D eigenvalue weighted by Gasteiger charge is -2.07. The van der Waals surface area contributed by atoms with E-state index in [1.165, 1.54) is 0 Å². The highest BCUT2D eigenvalue weighted by Gasteiger charge is 2.13. The van der Waals surface area contributed by atoms with Crippen molar-refractivity contribution in [3.63, 3.8) is 0 Å². The quantitative estimate of drug-likeness (QED) is 0.427. The molecule has 0 saturated heterocycles. The van der Waals surface area contributed by atoms with Crippen molar-refractivity contribution in [3.8, 4) is 5.75 Å². The van der Waals surface area contributed by atoms with Crippen molar-refractivity contribution in [1.82, 2.24) is 4.57 Å². The number of carbonyl (C=O) groups is 1. The van der Waals surface area contributed by atoms with Gasteiger partial charge in [-0.3, -0.25) is 4.79 Å². The van der Waals surface area contributed by atoms with Gasteiger partial charge in [0.25, 0.3) is 0 Å². The Morgan fingerprint density at radius 1 is 1.04 bits per heavy atom. The molecular weight excluding hydrogens is 298 g/mol. The van der Waals surface area contributed by atoms with Crippen LogP contribution in [0.2, 0.25) is 0 Å². The number of Topliss-reactive ketones (excluding diaryl/α,β-unsaturated/α-hetero) is 1. The molecule has 1 aromatic heterocycles. The third-order valence-corrected chi connectivity index (χ3v) is 4.12. The summed E-state index contributed by atoms with van der Waals surface area (Å²) < 4.78 is 7.93. The molecule has 0 radical (unpaired) electrons. The van der Waals surface area contributed by atoms with Crippen LogP contribution in [-0.4, -0.2) is 17.0 Å². The van der Waals surface area contributed by atoms with E-state index in [1.54, 1.807) is 0 Å². The molecule has 0 N–H and O–H groups in total. The lowest BCUT2D eigenvalue weighted by molar-refractivity contribution is 0.0983. The van der Waals surface area contributed by atoms with Crippen molar-refractivity contribution in [2.75, 3.05) is 6.61 Å². The van der Waals surface area contributed by atoms with E-state index in [9.17, 15) is 4.79 Å². The summed E-state index contributed by atoms with van der Waals surface area (Å²) in [7, 11) is 0. The van der Waals surface area contributed by atoms with Gasteiger partial charge in [-0.1, -0.05) is 43.3 Å². The van der Waals surface area contributed by atoms with Crippen LogP contribution in [0, 0.1) is 0 Å². The van der Waals surface area contributed by atoms with Gasteiger partial charge in [0.2, 0.25) is 0 Å². The number of ether oxygens (including phenoxy) is 1. The van der Waals surface area contributed by atoms with E-state index in [0.29, 0.717) is 13.0 Å². The second kappa shape index (κ2) is 7.82. The van der Waals surface area contributed by atoms with Gasteiger partial charge in [0.15, 0.2) is 5.78 Å². The fourth-order valence-corrected chi connectivity index (χ4v) is 2.96. The molecule has 0 fully saturated rings. The molecule has 0 saturated carbocycles. The standard InChI is InChI=1S/C21H23NO2/c1-2-9-21(23)19-16-22(20-13-7-6-12-18(19)20)14-8-15-24-17-10-4-3-5-11-17/h3-7,10-13,16H,2,8-9,14-15H2,1H3. The zero-order chi connectivity index (χ0) is 16.8. The minimum Gasteiger partial charge on any atom is -0.494 e. The Labute approximate surface area is 142 Å². The first-order valence-electron chi connectivity index (χ1n) is 8.58. The molecule has 124 valence electrons. The minimum atomic E-state index is 0.230. The van der Waals surface area contributed by atoms with E-state index in [4.69, 9.17) is 4.74 Å². The lowest BCUT2D eigenvalue weighted by atomic mass is 10.1. The number of aryl methyl sites for hydroxylation is 1. The van der Waals surface area contributed by atoms with Crippen LogP contribution in [0.25, 0.3) is 10.9 Å². The molecule has 3 nitrogen and oxygen atoms in total. The van der Waals surface area contributed by atoms with Gasteiger partial charge >= 0.3 is 0 Å². The molecule has 0 aliphatic carbocycles. The maximum absolute atomic E-state index is 12.3. The average Bonchev–Trinajstić information content (AvgIpc) is 2.99. The number of ketones is 1. The fourth-order valence-electron chi connectivity index (χ4n) is 2.96. The van der Waals surface area contributed by atoms with E-state index < -0.39 is 0 Å². The molecule has 2 aromatic carbocycles. The van der Waals surface area contributed by atoms with Gasteiger partial charge in [-0.25, -0.2) is 0 Å². The molecule has 24 heavy (non-hydrogen) atoms. The SMILES string of the molecule is CCCC(=O)c1cn(CCCOc2ccccc2)c2ccccc12. The number of benzene rings is 2. The van der Waals surface area contributed by atoms with Crippen LogP contribution < -0.4 is 4.74 Å². The number of para-hydroxylation sites is 2. The zero-order valence-corrected chi connectivity index (χ0v) is 14.1. The molecule has 0 spiro atoms. The number of hydrogen-bond acceptors (Lipinski definition) is 2. The molecule has 3 aromatic rings. The minimum absolute atomic E-state index is 0.230. The van der Waals surface area contributed by atoms with Gasteiger partial charge in [-0.2, -0.15) is 0 Å². The van der Waals surface area contributed by atoms with E-state index in [2.05, 4.69) is 10.6 Å². The van der Waals surface area contributed by atoms with Crippen molar-refractivity contribution in [2.24, 2.45) is 0 Å². The van der Waals surface area contributed by atoms with Crippen LogP contribution >= 0.6 is 0 Å². The molecule has 0 aliphatic heterocycles. The Bertz CT molecular complexity index is 805. The van der Waals surface area contributed by atoms with E-state index in [1.807, 2.05) is 61.7 Å². The normalized spacial score (nSPS) is 10.9. The number of rotatable bonds is 8. The Kier molecular flexibility index (Phi) is 5.32. The third kappa shape index (κ3) is 3.67. The lowest BCUT2D eigenvalue weighted by Crippen LogP contribution is -2.04. The summed E-state index contributed by atoms with van der Waals surface area (Å²) in [5.41, 5.74) is 1.97. The topological polar surface area (TPSA) is 31.2 Å². The van der Waals surface area contributed by atoms with Crippen LogP contribution in [0.15, 0.2) is 60.8 Å². The Hall–Kier alpha value is -2.55. The van der Waals surface area contributed by atoms with Gasteiger partial charge in [0.1, 0.15) is 5.75 Å². The van der Waals surface area contributed by atoms with Gasteiger partial charge < -0.3 is 9.30 Å². The van der Waals surface area contributed by atoms with Crippen molar-refractivity contribution < 1.29 is 9.53 Å². The third-order valence-electron chi connectivity index (χ3n) is 4.12. The van der Waals surface area contributed by atoms with E-state index in [0.717, 1.165) is 41.6 Å². The van der Waals surface area contributed by atoms with Crippen LogP contribution in [-0.2, 0) is 6.54 Å². The van der Waals surface area contributed by atoms with E-state index in [-0.39, 0.29) is 5.78 Å². The van der Waals surface area contributed by atoms with Gasteiger partial charge in [-0.05, 0) is 31.0 Å². The largest absolute Gasteiger partial charge is 0.494 e. The highest BCUT2D eigenvalue weighted by atomic mass is 16.5. The highest BCUT2D eigenvalue weighted by Crippen LogP contribution is 2.23. The highest BCUT2D eigenvalue weighted by molar-refractivity contribution is 6.08. The van der Waals surface area contributed by atoms with Crippen LogP contribution in [0.3, 0.4) is 0 Å². The Morgan fingerprint density at radius 3 is 2.58 bits per heavy atom. The first-order chi connectivity index (χ1) is 11.8. The van der Waals surface area contributed by atoms with Crippen molar-refractivity contribution >= 4 is 16.7 Å². The Balaban J connectivity index is 1.69. The van der Waals surface area contributed by atoms with Crippen LogP contribution in [0.4, 0.5) is 0 Å². The summed E-state index contributed by atoms with van der Waals surface area (Å²) in [4.78, 5) is 12.3. The summed E-state index contributed by atoms with van der Waals surface area (Å²) in [5, 5.41) is 1.06. The van der Waals surface area contributed by atoms with Gasteiger partial charge in [0.05, 0.1) is 6.61 Å². The van der Waals surface area contributed by atoms with Crippen LogP contribution in [0.5, 0.6) is 5.75 Å². The number of hydrogen-bond donors (Lipinski definition) is 0. The van der Waals surface area contributed by atoms with Crippen molar-refractivity contribution in [3.05, 3.63) is 66.4 Å².